The van der Waals surface area contributed by atoms with Gasteiger partial charge in [0.25, 0.3) is 0 Å². The number of ether oxygens (including phenoxy) is 1. The van der Waals surface area contributed by atoms with Gasteiger partial charge in [0.05, 0.1) is 25.2 Å². The maximum Gasteiger partial charge on any atom is 0.222 e. The lowest BCUT2D eigenvalue weighted by atomic mass is 10.0. The highest BCUT2D eigenvalue weighted by molar-refractivity contribution is 5.79. The molecule has 1 aliphatic heterocycles. The Morgan fingerprint density at radius 2 is 1.79 bits per heavy atom. The Hall–Kier alpha value is -2.70. The van der Waals surface area contributed by atoms with Crippen LogP contribution >= 0.6 is 0 Å². The zero-order chi connectivity index (χ0) is 20.5. The van der Waals surface area contributed by atoms with Gasteiger partial charge in [-0.3, -0.25) is 14.5 Å². The fourth-order valence-electron chi connectivity index (χ4n) is 3.56. The Bertz CT molecular complexity index is 782. The van der Waals surface area contributed by atoms with E-state index in [0.29, 0.717) is 13.2 Å². The normalized spacial score (nSPS) is 18.0. The first-order chi connectivity index (χ1) is 14.1. The second-order valence-electron chi connectivity index (χ2n) is 7.39. The molecule has 2 N–H and O–H groups in total. The second kappa shape index (κ2) is 10.7. The lowest BCUT2D eigenvalue weighted by molar-refractivity contribution is -0.123. The standard InChI is InChI=1S/C23H29N3O3/c1-18(27)25-22(20-10-6-3-7-11-20)14-23(28)24-15-21-17-26(12-13-29-21)16-19-8-4-2-5-9-19/h2-11,21-22H,12-17H2,1H3,(H,24,28)(H,25,27). The summed E-state index contributed by atoms with van der Waals surface area (Å²) in [5, 5.41) is 5.83. The van der Waals surface area contributed by atoms with Crippen LogP contribution in [0.25, 0.3) is 0 Å². The van der Waals surface area contributed by atoms with E-state index in [1.807, 2.05) is 48.5 Å². The largest absolute Gasteiger partial charge is 0.374 e. The van der Waals surface area contributed by atoms with E-state index in [1.54, 1.807) is 0 Å². The van der Waals surface area contributed by atoms with Crippen LogP contribution in [0.1, 0.15) is 30.5 Å². The van der Waals surface area contributed by atoms with Gasteiger partial charge in [0.1, 0.15) is 0 Å². The number of carbonyl (C=O) groups excluding carboxylic acids is 2. The molecule has 2 aromatic carbocycles. The summed E-state index contributed by atoms with van der Waals surface area (Å²) in [6, 6.07) is 19.6. The highest BCUT2D eigenvalue weighted by Gasteiger charge is 2.22. The first-order valence-electron chi connectivity index (χ1n) is 10.1. The predicted octanol–water partition coefficient (Wildman–Crippen LogP) is 2.27. The van der Waals surface area contributed by atoms with Gasteiger partial charge in [0.2, 0.25) is 11.8 Å². The van der Waals surface area contributed by atoms with Crippen LogP contribution in [0.3, 0.4) is 0 Å². The van der Waals surface area contributed by atoms with Crippen LogP contribution in [0.4, 0.5) is 0 Å². The van der Waals surface area contributed by atoms with Gasteiger partial charge in [0, 0.05) is 33.1 Å². The van der Waals surface area contributed by atoms with Crippen LogP contribution < -0.4 is 10.6 Å². The molecule has 6 nitrogen and oxygen atoms in total. The van der Waals surface area contributed by atoms with E-state index in [-0.39, 0.29) is 30.4 Å². The molecule has 0 radical (unpaired) electrons. The van der Waals surface area contributed by atoms with Crippen LogP contribution in [0.15, 0.2) is 60.7 Å². The lowest BCUT2D eigenvalue weighted by Gasteiger charge is -2.33. The molecule has 154 valence electrons. The van der Waals surface area contributed by atoms with Crippen molar-refractivity contribution in [3.8, 4) is 0 Å². The Morgan fingerprint density at radius 3 is 2.48 bits per heavy atom. The smallest absolute Gasteiger partial charge is 0.222 e. The summed E-state index contributed by atoms with van der Waals surface area (Å²) in [6.07, 6.45) is 0.164. The van der Waals surface area contributed by atoms with E-state index < -0.39 is 0 Å². The van der Waals surface area contributed by atoms with Crippen LogP contribution in [0.2, 0.25) is 0 Å². The fraction of sp³-hybridized carbons (Fsp3) is 0.391. The highest BCUT2D eigenvalue weighted by Crippen LogP contribution is 2.16. The average molecular weight is 396 g/mol. The number of benzene rings is 2. The third kappa shape index (κ3) is 7.00. The molecule has 0 bridgehead atoms. The van der Waals surface area contributed by atoms with Gasteiger partial charge < -0.3 is 15.4 Å². The summed E-state index contributed by atoms with van der Waals surface area (Å²) >= 11 is 0. The number of nitrogens with zero attached hydrogens (tertiary/aromatic N) is 1. The maximum absolute atomic E-state index is 12.5. The molecular formula is C23H29N3O3. The molecule has 0 aromatic heterocycles. The molecule has 1 saturated heterocycles. The molecule has 1 heterocycles. The molecule has 2 amide bonds. The van der Waals surface area contributed by atoms with Gasteiger partial charge in [-0.05, 0) is 11.1 Å². The number of hydrogen-bond acceptors (Lipinski definition) is 4. The van der Waals surface area contributed by atoms with Crippen molar-refractivity contribution in [2.75, 3.05) is 26.2 Å². The summed E-state index contributed by atoms with van der Waals surface area (Å²) in [6.45, 7) is 5.14. The van der Waals surface area contributed by atoms with E-state index >= 15 is 0 Å². The number of carbonyl (C=O) groups is 2. The number of amides is 2. The SMILES string of the molecule is CC(=O)NC(CC(=O)NCC1CN(Cc2ccccc2)CCO1)c1ccccc1. The van der Waals surface area contributed by atoms with Crippen LogP contribution in [0, 0.1) is 0 Å². The third-order valence-electron chi connectivity index (χ3n) is 4.97. The minimum absolute atomic E-state index is 0.0349. The maximum atomic E-state index is 12.5. The van der Waals surface area contributed by atoms with Gasteiger partial charge in [-0.15, -0.1) is 0 Å². The number of hydrogen-bond donors (Lipinski definition) is 2. The summed E-state index contributed by atoms with van der Waals surface area (Å²) in [4.78, 5) is 26.4. The molecular weight excluding hydrogens is 366 g/mol. The van der Waals surface area contributed by atoms with Crippen molar-refractivity contribution in [1.29, 1.82) is 0 Å². The van der Waals surface area contributed by atoms with Crippen molar-refractivity contribution in [3.05, 3.63) is 71.8 Å². The molecule has 29 heavy (non-hydrogen) atoms. The minimum atomic E-state index is -0.337. The van der Waals surface area contributed by atoms with Crippen molar-refractivity contribution in [1.82, 2.24) is 15.5 Å². The summed E-state index contributed by atoms with van der Waals surface area (Å²) in [5.41, 5.74) is 2.19. The molecule has 2 unspecified atom stereocenters. The number of rotatable bonds is 8. The van der Waals surface area contributed by atoms with Crippen LogP contribution in [0.5, 0.6) is 0 Å². The molecule has 2 aromatic rings. The highest BCUT2D eigenvalue weighted by atomic mass is 16.5. The number of morpholine rings is 1. The molecule has 0 saturated carbocycles. The van der Waals surface area contributed by atoms with Crippen molar-refractivity contribution in [3.63, 3.8) is 0 Å². The van der Waals surface area contributed by atoms with Crippen LogP contribution in [-0.2, 0) is 20.9 Å². The molecule has 0 aliphatic carbocycles. The Balaban J connectivity index is 1.48. The lowest BCUT2D eigenvalue weighted by Crippen LogP contribution is -2.47. The van der Waals surface area contributed by atoms with E-state index in [2.05, 4.69) is 27.7 Å². The van der Waals surface area contributed by atoms with Gasteiger partial charge in [-0.1, -0.05) is 60.7 Å². The van der Waals surface area contributed by atoms with E-state index in [1.165, 1.54) is 12.5 Å². The second-order valence-corrected chi connectivity index (χ2v) is 7.39. The van der Waals surface area contributed by atoms with Crippen molar-refractivity contribution < 1.29 is 14.3 Å². The fourth-order valence-corrected chi connectivity index (χ4v) is 3.56. The van der Waals surface area contributed by atoms with E-state index in [9.17, 15) is 9.59 Å². The Morgan fingerprint density at radius 1 is 1.10 bits per heavy atom. The third-order valence-corrected chi connectivity index (χ3v) is 4.97. The minimum Gasteiger partial charge on any atom is -0.374 e. The van der Waals surface area contributed by atoms with Crippen molar-refractivity contribution in [2.24, 2.45) is 0 Å². The molecule has 1 aliphatic rings. The van der Waals surface area contributed by atoms with Gasteiger partial charge in [-0.2, -0.15) is 0 Å². The predicted molar refractivity (Wildman–Crippen MR) is 112 cm³/mol. The number of nitrogens with one attached hydrogen (secondary N) is 2. The topological polar surface area (TPSA) is 70.7 Å². The Labute approximate surface area is 172 Å². The van der Waals surface area contributed by atoms with Crippen molar-refractivity contribution in [2.45, 2.75) is 32.0 Å². The monoisotopic (exact) mass is 395 g/mol. The van der Waals surface area contributed by atoms with Gasteiger partial charge in [0.15, 0.2) is 0 Å². The molecule has 3 rings (SSSR count). The van der Waals surface area contributed by atoms with E-state index in [0.717, 1.165) is 25.2 Å². The van der Waals surface area contributed by atoms with Crippen molar-refractivity contribution >= 4 is 11.8 Å². The summed E-state index contributed by atoms with van der Waals surface area (Å²) < 4.78 is 5.82. The molecule has 0 spiro atoms. The zero-order valence-electron chi connectivity index (χ0n) is 16.8. The summed E-state index contributed by atoms with van der Waals surface area (Å²) in [5.74, 6) is -0.254. The first-order valence-corrected chi connectivity index (χ1v) is 10.1. The quantitative estimate of drug-likeness (QED) is 0.719. The van der Waals surface area contributed by atoms with Gasteiger partial charge in [-0.25, -0.2) is 0 Å². The molecule has 2 atom stereocenters. The zero-order valence-corrected chi connectivity index (χ0v) is 16.8. The average Bonchev–Trinajstić information content (AvgIpc) is 2.73. The van der Waals surface area contributed by atoms with E-state index in [4.69, 9.17) is 4.74 Å². The van der Waals surface area contributed by atoms with Gasteiger partial charge >= 0.3 is 0 Å². The van der Waals surface area contributed by atoms with Crippen LogP contribution in [-0.4, -0.2) is 49.1 Å². The molecule has 1 fully saturated rings. The summed E-state index contributed by atoms with van der Waals surface area (Å²) in [7, 11) is 0. The Kier molecular flexibility index (Phi) is 7.78. The first kappa shape index (κ1) is 21.0. The molecule has 6 heteroatoms.